The summed E-state index contributed by atoms with van der Waals surface area (Å²) in [5.74, 6) is 2.16. The summed E-state index contributed by atoms with van der Waals surface area (Å²) < 4.78 is 24.0. The largest absolute Gasteiger partial charge is 0.488 e. The summed E-state index contributed by atoms with van der Waals surface area (Å²) >= 11 is 3.54. The Morgan fingerprint density at radius 1 is 1.09 bits per heavy atom. The zero-order chi connectivity index (χ0) is 22.8. The molecule has 0 N–H and O–H groups in total. The maximum absolute atomic E-state index is 12.8. The second-order valence-electron chi connectivity index (χ2n) is 7.75. The standard InChI is InChI=1S/C27H21BrO5/c1-17-23(31-15-20-13-21(28)12-19-14-30-16-32-27(19)20)11-10-22-25(29)24(33-26(17)22)9-5-8-18-6-3-2-4-7-18/h2-13H,14-16H2,1H3/b8-5+,24-9-. The van der Waals surface area contributed by atoms with Crippen LogP contribution in [0.15, 0.2) is 77.0 Å². The summed E-state index contributed by atoms with van der Waals surface area (Å²) in [7, 11) is 0. The van der Waals surface area contributed by atoms with Crippen LogP contribution >= 0.6 is 15.9 Å². The van der Waals surface area contributed by atoms with Crippen molar-refractivity contribution in [3.63, 3.8) is 0 Å². The number of carbonyl (C=O) groups is 1. The molecule has 0 saturated carbocycles. The van der Waals surface area contributed by atoms with Crippen molar-refractivity contribution in [3.05, 3.63) is 105 Å². The van der Waals surface area contributed by atoms with Crippen LogP contribution < -0.4 is 14.2 Å². The zero-order valence-electron chi connectivity index (χ0n) is 18.0. The summed E-state index contributed by atoms with van der Waals surface area (Å²) in [5, 5.41) is 0. The predicted octanol–water partition coefficient (Wildman–Crippen LogP) is 6.38. The van der Waals surface area contributed by atoms with Crippen molar-refractivity contribution in [1.29, 1.82) is 0 Å². The molecule has 2 heterocycles. The number of allylic oxidation sites excluding steroid dienone is 3. The molecular weight excluding hydrogens is 484 g/mol. The summed E-state index contributed by atoms with van der Waals surface area (Å²) in [6.45, 7) is 2.94. The highest BCUT2D eigenvalue weighted by atomic mass is 79.9. The van der Waals surface area contributed by atoms with Gasteiger partial charge in [0.05, 0.1) is 12.2 Å². The summed E-state index contributed by atoms with van der Waals surface area (Å²) in [4.78, 5) is 12.8. The van der Waals surface area contributed by atoms with E-state index in [1.807, 2.05) is 67.6 Å². The molecular formula is C27H21BrO5. The Labute approximate surface area is 200 Å². The van der Waals surface area contributed by atoms with Crippen molar-refractivity contribution in [2.45, 2.75) is 20.1 Å². The van der Waals surface area contributed by atoms with Crippen LogP contribution in [0.3, 0.4) is 0 Å². The lowest BCUT2D eigenvalue weighted by Gasteiger charge is -2.21. The van der Waals surface area contributed by atoms with Crippen LogP contribution in [0.5, 0.6) is 17.2 Å². The molecule has 5 rings (SSSR count). The molecule has 0 saturated heterocycles. The number of rotatable bonds is 5. The summed E-state index contributed by atoms with van der Waals surface area (Å²) in [6, 6.07) is 17.4. The van der Waals surface area contributed by atoms with Crippen molar-refractivity contribution in [3.8, 4) is 17.2 Å². The van der Waals surface area contributed by atoms with Crippen molar-refractivity contribution in [2.75, 3.05) is 6.79 Å². The minimum atomic E-state index is -0.133. The minimum Gasteiger partial charge on any atom is -0.488 e. The lowest BCUT2D eigenvalue weighted by Crippen LogP contribution is -2.14. The number of benzene rings is 3. The van der Waals surface area contributed by atoms with E-state index in [1.54, 1.807) is 12.1 Å². The quantitative estimate of drug-likeness (QED) is 0.377. The van der Waals surface area contributed by atoms with E-state index in [1.165, 1.54) is 0 Å². The first-order chi connectivity index (χ1) is 16.1. The van der Waals surface area contributed by atoms with E-state index >= 15 is 0 Å². The number of hydrogen-bond donors (Lipinski definition) is 0. The Balaban J connectivity index is 1.34. The molecule has 0 spiro atoms. The Hall–Kier alpha value is -3.35. The predicted molar refractivity (Wildman–Crippen MR) is 128 cm³/mol. The van der Waals surface area contributed by atoms with Gasteiger partial charge in [-0.05, 0) is 42.8 Å². The molecule has 0 amide bonds. The number of halogens is 1. The smallest absolute Gasteiger partial charge is 0.231 e. The Morgan fingerprint density at radius 3 is 2.79 bits per heavy atom. The molecule has 2 aliphatic heterocycles. The highest BCUT2D eigenvalue weighted by molar-refractivity contribution is 9.10. The SMILES string of the molecule is Cc1c(OCc2cc(Br)cc3c2OCOC3)ccc2c1O/C(=C\C=C\c1ccccc1)C2=O. The normalized spacial score (nSPS) is 15.8. The van der Waals surface area contributed by atoms with Crippen molar-refractivity contribution >= 4 is 27.8 Å². The third kappa shape index (κ3) is 4.45. The first kappa shape index (κ1) is 21.5. The van der Waals surface area contributed by atoms with Gasteiger partial charge in [-0.3, -0.25) is 4.79 Å². The van der Waals surface area contributed by atoms with Gasteiger partial charge in [0.1, 0.15) is 23.9 Å². The second kappa shape index (κ2) is 9.25. The molecule has 3 aromatic rings. The Bertz CT molecular complexity index is 1280. The van der Waals surface area contributed by atoms with Gasteiger partial charge >= 0.3 is 0 Å². The molecule has 0 aliphatic carbocycles. The van der Waals surface area contributed by atoms with Crippen LogP contribution in [-0.4, -0.2) is 12.6 Å². The molecule has 0 unspecified atom stereocenters. The van der Waals surface area contributed by atoms with Crippen LogP contribution in [0, 0.1) is 6.92 Å². The van der Waals surface area contributed by atoms with E-state index in [2.05, 4.69) is 15.9 Å². The maximum Gasteiger partial charge on any atom is 0.231 e. The molecule has 3 aromatic carbocycles. The molecule has 0 aromatic heterocycles. The highest BCUT2D eigenvalue weighted by Crippen LogP contribution is 2.40. The zero-order valence-corrected chi connectivity index (χ0v) is 19.6. The molecule has 0 radical (unpaired) electrons. The van der Waals surface area contributed by atoms with Gasteiger partial charge in [0, 0.05) is 21.2 Å². The van der Waals surface area contributed by atoms with E-state index in [9.17, 15) is 4.79 Å². The van der Waals surface area contributed by atoms with Gasteiger partial charge in [-0.1, -0.05) is 58.4 Å². The fourth-order valence-electron chi connectivity index (χ4n) is 3.87. The topological polar surface area (TPSA) is 54.0 Å². The van der Waals surface area contributed by atoms with Gasteiger partial charge in [0.15, 0.2) is 12.6 Å². The lowest BCUT2D eigenvalue weighted by molar-refractivity contribution is -0.0176. The number of ketones is 1. The van der Waals surface area contributed by atoms with Gasteiger partial charge in [-0.15, -0.1) is 0 Å². The van der Waals surface area contributed by atoms with Crippen LogP contribution in [0.1, 0.15) is 32.6 Å². The summed E-state index contributed by atoms with van der Waals surface area (Å²) in [6.07, 6.45) is 5.45. The third-order valence-corrected chi connectivity index (χ3v) is 5.97. The van der Waals surface area contributed by atoms with Crippen molar-refractivity contribution in [1.82, 2.24) is 0 Å². The Morgan fingerprint density at radius 2 is 1.94 bits per heavy atom. The molecule has 0 atom stereocenters. The highest BCUT2D eigenvalue weighted by Gasteiger charge is 2.30. The van der Waals surface area contributed by atoms with E-state index in [-0.39, 0.29) is 12.6 Å². The molecule has 2 aliphatic rings. The molecule has 33 heavy (non-hydrogen) atoms. The van der Waals surface area contributed by atoms with E-state index in [4.69, 9.17) is 18.9 Å². The number of hydrogen-bond acceptors (Lipinski definition) is 5. The first-order valence-corrected chi connectivity index (χ1v) is 11.3. The van der Waals surface area contributed by atoms with E-state index in [0.717, 1.165) is 32.5 Å². The Kier molecular flexibility index (Phi) is 6.03. The lowest BCUT2D eigenvalue weighted by atomic mass is 10.1. The first-order valence-electron chi connectivity index (χ1n) is 10.5. The van der Waals surface area contributed by atoms with Crippen molar-refractivity contribution < 1.29 is 23.7 Å². The maximum atomic E-state index is 12.8. The van der Waals surface area contributed by atoms with Crippen molar-refractivity contribution in [2.24, 2.45) is 0 Å². The van der Waals surface area contributed by atoms with E-state index in [0.29, 0.717) is 36.0 Å². The number of Topliss-reactive ketones (excluding diaryl/α,β-unsaturated/α-hetero) is 1. The second-order valence-corrected chi connectivity index (χ2v) is 8.67. The van der Waals surface area contributed by atoms with Crippen LogP contribution in [0.25, 0.3) is 6.08 Å². The fraction of sp³-hybridized carbons (Fsp3) is 0.148. The van der Waals surface area contributed by atoms with Gasteiger partial charge in [-0.2, -0.15) is 0 Å². The van der Waals surface area contributed by atoms with Crippen LogP contribution in [0.4, 0.5) is 0 Å². The number of ether oxygens (including phenoxy) is 4. The van der Waals surface area contributed by atoms with Gasteiger partial charge < -0.3 is 18.9 Å². The monoisotopic (exact) mass is 504 g/mol. The van der Waals surface area contributed by atoms with Crippen LogP contribution in [0.2, 0.25) is 0 Å². The molecule has 0 fully saturated rings. The molecule has 166 valence electrons. The molecule has 6 heteroatoms. The number of carbonyl (C=O) groups excluding carboxylic acids is 1. The van der Waals surface area contributed by atoms with Crippen LogP contribution in [-0.2, 0) is 18.0 Å². The average molecular weight is 505 g/mol. The minimum absolute atomic E-state index is 0.133. The van der Waals surface area contributed by atoms with E-state index < -0.39 is 0 Å². The summed E-state index contributed by atoms with van der Waals surface area (Å²) in [5.41, 5.74) is 4.27. The average Bonchev–Trinajstić information content (AvgIpc) is 3.15. The van der Waals surface area contributed by atoms with Gasteiger partial charge in [0.25, 0.3) is 0 Å². The molecule has 5 nitrogen and oxygen atoms in total. The third-order valence-electron chi connectivity index (χ3n) is 5.51. The number of fused-ring (bicyclic) bond motifs is 2. The fourth-order valence-corrected chi connectivity index (χ4v) is 4.42. The molecule has 0 bridgehead atoms. The van der Waals surface area contributed by atoms with Gasteiger partial charge in [0.2, 0.25) is 5.78 Å². The van der Waals surface area contributed by atoms with Gasteiger partial charge in [-0.25, -0.2) is 0 Å².